The molecule has 152 valence electrons. The van der Waals surface area contributed by atoms with Crippen LogP contribution in [-0.4, -0.2) is 42.8 Å². The monoisotopic (exact) mass is 401 g/mol. The molecule has 2 atom stereocenters. The van der Waals surface area contributed by atoms with E-state index in [-0.39, 0.29) is 18.2 Å². The van der Waals surface area contributed by atoms with Gasteiger partial charge in [-0.2, -0.15) is 0 Å². The topological polar surface area (TPSA) is 70.7 Å². The Kier molecular flexibility index (Phi) is 5.44. The third kappa shape index (κ3) is 4.07. The summed E-state index contributed by atoms with van der Waals surface area (Å²) >= 11 is 0. The lowest BCUT2D eigenvalue weighted by molar-refractivity contribution is 0.104. The molecular formula is C21H21F2N3O3. The zero-order valence-corrected chi connectivity index (χ0v) is 15.7. The van der Waals surface area contributed by atoms with Crippen LogP contribution in [0, 0.1) is 11.6 Å². The van der Waals surface area contributed by atoms with E-state index in [1.807, 2.05) is 12.1 Å². The lowest BCUT2D eigenvalue weighted by Crippen LogP contribution is -2.45. The zero-order chi connectivity index (χ0) is 20.4. The normalized spacial score (nSPS) is 20.8. The smallest absolute Gasteiger partial charge is 0.359 e. The molecule has 1 unspecified atom stereocenters. The Labute approximate surface area is 166 Å². The van der Waals surface area contributed by atoms with Gasteiger partial charge in [-0.25, -0.2) is 18.4 Å². The van der Waals surface area contributed by atoms with Crippen LogP contribution in [0.1, 0.15) is 29.2 Å². The fraction of sp³-hybridized carbons (Fsp3) is 0.333. The average molecular weight is 401 g/mol. The van der Waals surface area contributed by atoms with Gasteiger partial charge in [0.1, 0.15) is 11.6 Å². The molecule has 0 aliphatic carbocycles. The maximum Gasteiger partial charge on any atom is 0.419 e. The molecule has 0 bridgehead atoms. The van der Waals surface area contributed by atoms with Gasteiger partial charge in [0.15, 0.2) is 0 Å². The third-order valence-corrected chi connectivity index (χ3v) is 5.34. The highest BCUT2D eigenvalue weighted by atomic mass is 19.1. The number of nitrogens with zero attached hydrogens (tertiary/aromatic N) is 1. The van der Waals surface area contributed by atoms with E-state index in [9.17, 15) is 18.4 Å². The summed E-state index contributed by atoms with van der Waals surface area (Å²) in [6.07, 6.45) is -0.403. The van der Waals surface area contributed by atoms with E-state index < -0.39 is 29.9 Å². The lowest BCUT2D eigenvalue weighted by atomic mass is 9.88. The number of benzene rings is 2. The van der Waals surface area contributed by atoms with Crippen molar-refractivity contribution < 1.29 is 23.1 Å². The fourth-order valence-electron chi connectivity index (χ4n) is 3.93. The Morgan fingerprint density at radius 1 is 1.14 bits per heavy atom. The third-order valence-electron chi connectivity index (χ3n) is 5.34. The van der Waals surface area contributed by atoms with Crippen molar-refractivity contribution in [2.24, 2.45) is 0 Å². The molecule has 2 amide bonds. The van der Waals surface area contributed by atoms with Gasteiger partial charge in [0.2, 0.25) is 0 Å². The first-order valence-corrected chi connectivity index (χ1v) is 9.55. The molecule has 2 heterocycles. The largest absolute Gasteiger partial charge is 0.419 e. The first-order chi connectivity index (χ1) is 14.0. The standard InChI is InChI=1S/C21H21F2N3O3/c22-14-5-6-17(18(23)11-14)19-16-4-2-1-3-13(16)8-10-26(19)21(28)29-20(27)25-15-7-9-24-12-15/h1-6,11,15,19,24H,7-10,12H2,(H,25,27)/t15?,19-/m1/s1. The minimum absolute atomic E-state index is 0.0947. The van der Waals surface area contributed by atoms with E-state index in [2.05, 4.69) is 10.6 Å². The van der Waals surface area contributed by atoms with Crippen molar-refractivity contribution in [1.82, 2.24) is 15.5 Å². The Hall–Kier alpha value is -3.00. The van der Waals surface area contributed by atoms with Gasteiger partial charge >= 0.3 is 12.2 Å². The number of halogens is 2. The number of carbonyl (C=O) groups excluding carboxylic acids is 2. The number of hydrogen-bond donors (Lipinski definition) is 2. The first kappa shape index (κ1) is 19.3. The average Bonchev–Trinajstić information content (AvgIpc) is 3.20. The number of fused-ring (bicyclic) bond motifs is 1. The second-order valence-electron chi connectivity index (χ2n) is 7.20. The Balaban J connectivity index is 1.60. The van der Waals surface area contributed by atoms with Crippen LogP contribution in [-0.2, 0) is 11.2 Å². The minimum atomic E-state index is -0.864. The molecule has 6 nitrogen and oxygen atoms in total. The van der Waals surface area contributed by atoms with Gasteiger partial charge in [0.25, 0.3) is 0 Å². The van der Waals surface area contributed by atoms with E-state index >= 15 is 0 Å². The van der Waals surface area contributed by atoms with Crippen molar-refractivity contribution in [3.05, 3.63) is 70.8 Å². The van der Waals surface area contributed by atoms with Crippen molar-refractivity contribution in [1.29, 1.82) is 0 Å². The second kappa shape index (κ2) is 8.16. The van der Waals surface area contributed by atoms with E-state index in [0.29, 0.717) is 13.0 Å². The first-order valence-electron chi connectivity index (χ1n) is 9.55. The van der Waals surface area contributed by atoms with Crippen LogP contribution in [0.5, 0.6) is 0 Å². The predicted molar refractivity (Wildman–Crippen MR) is 101 cm³/mol. The SMILES string of the molecule is O=C(NC1CCNC1)OC(=O)N1CCc2ccccc2[C@@H]1c1ccc(F)cc1F. The number of hydrogen-bond acceptors (Lipinski definition) is 4. The summed E-state index contributed by atoms with van der Waals surface area (Å²) in [5.74, 6) is -1.46. The van der Waals surface area contributed by atoms with Crippen molar-refractivity contribution >= 4 is 12.2 Å². The highest BCUT2D eigenvalue weighted by Gasteiger charge is 2.35. The molecule has 0 radical (unpaired) electrons. The van der Waals surface area contributed by atoms with Crippen LogP contribution in [0.25, 0.3) is 0 Å². The molecule has 2 aromatic carbocycles. The maximum absolute atomic E-state index is 14.6. The number of nitrogens with one attached hydrogen (secondary N) is 2. The molecule has 0 saturated carbocycles. The quantitative estimate of drug-likeness (QED) is 0.759. The Bertz CT molecular complexity index is 931. The number of amides is 2. The molecule has 4 rings (SSSR count). The molecule has 29 heavy (non-hydrogen) atoms. The maximum atomic E-state index is 14.6. The van der Waals surface area contributed by atoms with Crippen LogP contribution in [0.3, 0.4) is 0 Å². The summed E-state index contributed by atoms with van der Waals surface area (Å²) in [7, 11) is 0. The van der Waals surface area contributed by atoms with Gasteiger partial charge in [-0.15, -0.1) is 0 Å². The molecule has 1 fully saturated rings. The lowest BCUT2D eigenvalue weighted by Gasteiger charge is -2.36. The van der Waals surface area contributed by atoms with Crippen LogP contribution >= 0.6 is 0 Å². The van der Waals surface area contributed by atoms with Crippen molar-refractivity contribution in [2.75, 3.05) is 19.6 Å². The number of carbonyl (C=O) groups is 2. The van der Waals surface area contributed by atoms with Gasteiger partial charge in [-0.1, -0.05) is 30.3 Å². The van der Waals surface area contributed by atoms with Crippen molar-refractivity contribution in [3.63, 3.8) is 0 Å². The van der Waals surface area contributed by atoms with Gasteiger partial charge in [0.05, 0.1) is 6.04 Å². The van der Waals surface area contributed by atoms with Gasteiger partial charge in [0, 0.05) is 30.8 Å². The van der Waals surface area contributed by atoms with Gasteiger partial charge < -0.3 is 15.4 Å². The van der Waals surface area contributed by atoms with Crippen LogP contribution in [0.4, 0.5) is 18.4 Å². The fourth-order valence-corrected chi connectivity index (χ4v) is 3.93. The molecule has 8 heteroatoms. The van der Waals surface area contributed by atoms with E-state index in [0.717, 1.165) is 36.2 Å². The highest BCUT2D eigenvalue weighted by Crippen LogP contribution is 2.36. The van der Waals surface area contributed by atoms with E-state index in [4.69, 9.17) is 4.74 Å². The van der Waals surface area contributed by atoms with Gasteiger partial charge in [-0.3, -0.25) is 4.90 Å². The zero-order valence-electron chi connectivity index (χ0n) is 15.7. The van der Waals surface area contributed by atoms with Gasteiger partial charge in [-0.05, 0) is 36.6 Å². The van der Waals surface area contributed by atoms with Crippen molar-refractivity contribution in [2.45, 2.75) is 24.9 Å². The van der Waals surface area contributed by atoms with Crippen molar-refractivity contribution in [3.8, 4) is 0 Å². The molecule has 2 aromatic rings. The molecule has 1 saturated heterocycles. The number of alkyl carbamates (subject to hydrolysis) is 1. The predicted octanol–water partition coefficient (Wildman–Crippen LogP) is 3.12. The summed E-state index contributed by atoms with van der Waals surface area (Å²) in [6.45, 7) is 1.65. The molecule has 2 N–H and O–H groups in total. The molecule has 2 aliphatic rings. The summed E-state index contributed by atoms with van der Waals surface area (Å²) in [5.41, 5.74) is 1.84. The van der Waals surface area contributed by atoms with Crippen LogP contribution < -0.4 is 10.6 Å². The number of rotatable bonds is 2. The molecule has 2 aliphatic heterocycles. The highest BCUT2D eigenvalue weighted by molar-refractivity contribution is 5.84. The Morgan fingerprint density at radius 3 is 2.72 bits per heavy atom. The molecule has 0 aromatic heterocycles. The molecule has 0 spiro atoms. The summed E-state index contributed by atoms with van der Waals surface area (Å²) in [4.78, 5) is 26.2. The second-order valence-corrected chi connectivity index (χ2v) is 7.20. The van der Waals surface area contributed by atoms with Crippen LogP contribution in [0.15, 0.2) is 42.5 Å². The van der Waals surface area contributed by atoms with E-state index in [1.165, 1.54) is 11.0 Å². The summed E-state index contributed by atoms with van der Waals surface area (Å²) < 4.78 is 33.0. The summed E-state index contributed by atoms with van der Waals surface area (Å²) in [5, 5.41) is 5.75. The number of ether oxygens (including phenoxy) is 1. The Morgan fingerprint density at radius 2 is 1.97 bits per heavy atom. The van der Waals surface area contributed by atoms with E-state index in [1.54, 1.807) is 12.1 Å². The minimum Gasteiger partial charge on any atom is -0.359 e. The van der Waals surface area contributed by atoms with Crippen LogP contribution in [0.2, 0.25) is 0 Å². The molecular weight excluding hydrogens is 380 g/mol. The summed E-state index contributed by atoms with van der Waals surface area (Å²) in [6, 6.07) is 9.72.